The molecule has 2 aromatic rings. The smallest absolute Gasteiger partial charge is 0.0455 e. The Hall–Kier alpha value is -1.47. The quantitative estimate of drug-likeness (QED) is 0.837. The minimum absolute atomic E-state index is 0.658. The summed E-state index contributed by atoms with van der Waals surface area (Å²) in [5, 5.41) is 4.38. The first kappa shape index (κ1) is 13.5. The number of rotatable bonds is 2. The number of aryl methyl sites for hydroxylation is 2. The zero-order valence-electron chi connectivity index (χ0n) is 12.0. The first-order valence-electron chi connectivity index (χ1n) is 7.20. The Labute approximate surface area is 126 Å². The molecule has 1 unspecified atom stereocenters. The molecule has 0 fully saturated rings. The van der Waals surface area contributed by atoms with Gasteiger partial charge in [0.15, 0.2) is 0 Å². The van der Waals surface area contributed by atoms with Crippen molar-refractivity contribution in [2.24, 2.45) is 5.92 Å². The minimum Gasteiger partial charge on any atom is -0.384 e. The van der Waals surface area contributed by atoms with Gasteiger partial charge in [-0.3, -0.25) is 0 Å². The van der Waals surface area contributed by atoms with Crippen molar-refractivity contribution < 1.29 is 0 Å². The van der Waals surface area contributed by atoms with Crippen molar-refractivity contribution in [2.75, 3.05) is 11.9 Å². The zero-order valence-corrected chi connectivity index (χ0v) is 12.8. The number of fused-ring (bicyclic) bond motifs is 1. The van der Waals surface area contributed by atoms with Gasteiger partial charge in [0.1, 0.15) is 0 Å². The Bertz CT molecular complexity index is 616. The third-order valence-electron chi connectivity index (χ3n) is 4.12. The maximum atomic E-state index is 6.19. The van der Waals surface area contributed by atoms with E-state index >= 15 is 0 Å². The molecule has 2 heteroatoms. The molecular weight excluding hydrogens is 266 g/mol. The summed E-state index contributed by atoms with van der Waals surface area (Å²) in [6.07, 6.45) is 2.27. The highest BCUT2D eigenvalue weighted by molar-refractivity contribution is 6.31. The molecule has 1 atom stereocenters. The van der Waals surface area contributed by atoms with Gasteiger partial charge in [0.25, 0.3) is 0 Å². The van der Waals surface area contributed by atoms with Crippen LogP contribution in [-0.2, 0) is 12.8 Å². The average molecular weight is 286 g/mol. The largest absolute Gasteiger partial charge is 0.384 e. The molecule has 1 N–H and O–H groups in total. The van der Waals surface area contributed by atoms with Crippen molar-refractivity contribution in [1.29, 1.82) is 0 Å². The number of halogens is 1. The maximum Gasteiger partial charge on any atom is 0.0455 e. The van der Waals surface area contributed by atoms with Crippen LogP contribution in [0.15, 0.2) is 36.4 Å². The summed E-state index contributed by atoms with van der Waals surface area (Å²) >= 11 is 6.19. The minimum atomic E-state index is 0.658. The second-order valence-electron chi connectivity index (χ2n) is 5.90. The molecule has 0 amide bonds. The summed E-state index contributed by atoms with van der Waals surface area (Å²) in [7, 11) is 0. The Kier molecular flexibility index (Phi) is 3.71. The van der Waals surface area contributed by atoms with E-state index in [1.165, 1.54) is 27.9 Å². The fourth-order valence-electron chi connectivity index (χ4n) is 2.91. The number of nitrogens with one attached hydrogen (secondary N) is 1. The fraction of sp³-hybridized carbons (Fsp3) is 0.333. The maximum absolute atomic E-state index is 6.19. The van der Waals surface area contributed by atoms with Crippen LogP contribution in [0.2, 0.25) is 5.02 Å². The van der Waals surface area contributed by atoms with E-state index < -0.39 is 0 Å². The van der Waals surface area contributed by atoms with Crippen molar-refractivity contribution >= 4 is 17.3 Å². The van der Waals surface area contributed by atoms with Crippen LogP contribution in [0.25, 0.3) is 0 Å². The van der Waals surface area contributed by atoms with E-state index in [-0.39, 0.29) is 0 Å². The number of hydrogen-bond acceptors (Lipinski definition) is 1. The second kappa shape index (κ2) is 5.49. The number of hydrogen-bond donors (Lipinski definition) is 1. The SMILES string of the molecule is Cc1ccc(CC2CNc3cc(Cl)c(C)cc3C2)cc1. The van der Waals surface area contributed by atoms with Crippen LogP contribution in [0.4, 0.5) is 5.69 Å². The lowest BCUT2D eigenvalue weighted by Crippen LogP contribution is -2.25. The molecule has 0 saturated heterocycles. The number of anilines is 1. The van der Waals surface area contributed by atoms with Crippen molar-refractivity contribution in [3.05, 3.63) is 63.7 Å². The first-order chi connectivity index (χ1) is 9.61. The van der Waals surface area contributed by atoms with Crippen molar-refractivity contribution in [1.82, 2.24) is 0 Å². The molecule has 1 nitrogen and oxygen atoms in total. The highest BCUT2D eigenvalue weighted by Gasteiger charge is 2.19. The second-order valence-corrected chi connectivity index (χ2v) is 6.31. The van der Waals surface area contributed by atoms with Gasteiger partial charge < -0.3 is 5.32 Å². The summed E-state index contributed by atoms with van der Waals surface area (Å²) in [5.41, 5.74) is 6.53. The van der Waals surface area contributed by atoms with Crippen molar-refractivity contribution in [3.63, 3.8) is 0 Å². The van der Waals surface area contributed by atoms with Crippen LogP contribution < -0.4 is 5.32 Å². The molecular formula is C18H20ClN. The van der Waals surface area contributed by atoms with E-state index in [2.05, 4.69) is 55.6 Å². The highest BCUT2D eigenvalue weighted by Crippen LogP contribution is 2.31. The van der Waals surface area contributed by atoms with E-state index in [9.17, 15) is 0 Å². The first-order valence-corrected chi connectivity index (χ1v) is 7.58. The summed E-state index contributed by atoms with van der Waals surface area (Å²) in [6.45, 7) is 5.24. The van der Waals surface area contributed by atoms with Gasteiger partial charge in [-0.1, -0.05) is 47.5 Å². The summed E-state index contributed by atoms with van der Waals surface area (Å²) < 4.78 is 0. The highest BCUT2D eigenvalue weighted by atomic mass is 35.5. The molecule has 0 saturated carbocycles. The van der Waals surface area contributed by atoms with Gasteiger partial charge in [0.2, 0.25) is 0 Å². The Morgan fingerprint density at radius 3 is 2.65 bits per heavy atom. The van der Waals surface area contributed by atoms with Crippen molar-refractivity contribution in [3.8, 4) is 0 Å². The molecule has 0 radical (unpaired) electrons. The van der Waals surface area contributed by atoms with Crippen LogP contribution in [0.3, 0.4) is 0 Å². The lowest BCUT2D eigenvalue weighted by molar-refractivity contribution is 0.535. The van der Waals surface area contributed by atoms with Gasteiger partial charge in [-0.25, -0.2) is 0 Å². The predicted molar refractivity (Wildman–Crippen MR) is 86.8 cm³/mol. The van der Waals surface area contributed by atoms with E-state index in [0.29, 0.717) is 5.92 Å². The molecule has 0 bridgehead atoms. The van der Waals surface area contributed by atoms with Gasteiger partial charge in [-0.15, -0.1) is 0 Å². The van der Waals surface area contributed by atoms with Crippen LogP contribution >= 0.6 is 11.6 Å². The van der Waals surface area contributed by atoms with Crippen LogP contribution in [0.1, 0.15) is 22.3 Å². The molecule has 0 spiro atoms. The van der Waals surface area contributed by atoms with Gasteiger partial charge in [-0.2, -0.15) is 0 Å². The monoisotopic (exact) mass is 285 g/mol. The van der Waals surface area contributed by atoms with Crippen LogP contribution in [0, 0.1) is 19.8 Å². The Morgan fingerprint density at radius 2 is 1.90 bits per heavy atom. The number of benzene rings is 2. The zero-order chi connectivity index (χ0) is 14.1. The van der Waals surface area contributed by atoms with Gasteiger partial charge in [0, 0.05) is 17.3 Å². The Morgan fingerprint density at radius 1 is 1.15 bits per heavy atom. The summed E-state index contributed by atoms with van der Waals surface area (Å²) in [5.74, 6) is 0.658. The molecule has 0 aliphatic carbocycles. The summed E-state index contributed by atoms with van der Waals surface area (Å²) in [4.78, 5) is 0. The topological polar surface area (TPSA) is 12.0 Å². The molecule has 3 rings (SSSR count). The lowest BCUT2D eigenvalue weighted by Gasteiger charge is -2.27. The molecule has 2 aromatic carbocycles. The molecule has 1 aliphatic heterocycles. The molecule has 104 valence electrons. The molecule has 1 heterocycles. The normalized spacial score (nSPS) is 17.4. The van der Waals surface area contributed by atoms with Gasteiger partial charge in [0.05, 0.1) is 0 Å². The van der Waals surface area contributed by atoms with Crippen LogP contribution in [-0.4, -0.2) is 6.54 Å². The van der Waals surface area contributed by atoms with Crippen LogP contribution in [0.5, 0.6) is 0 Å². The summed E-state index contributed by atoms with van der Waals surface area (Å²) in [6, 6.07) is 13.2. The molecule has 0 aromatic heterocycles. The fourth-order valence-corrected chi connectivity index (χ4v) is 3.08. The van der Waals surface area contributed by atoms with Gasteiger partial charge >= 0.3 is 0 Å². The average Bonchev–Trinajstić information content (AvgIpc) is 2.43. The molecule has 20 heavy (non-hydrogen) atoms. The van der Waals surface area contributed by atoms with E-state index in [0.717, 1.165) is 24.4 Å². The van der Waals surface area contributed by atoms with E-state index in [4.69, 9.17) is 11.6 Å². The third-order valence-corrected chi connectivity index (χ3v) is 4.53. The third kappa shape index (κ3) is 2.83. The lowest BCUT2D eigenvalue weighted by atomic mass is 9.88. The van der Waals surface area contributed by atoms with E-state index in [1.807, 2.05) is 0 Å². The molecule has 1 aliphatic rings. The predicted octanol–water partition coefficient (Wildman–Crippen LogP) is 4.78. The van der Waals surface area contributed by atoms with Gasteiger partial charge in [-0.05, 0) is 55.4 Å². The Balaban J connectivity index is 1.75. The van der Waals surface area contributed by atoms with E-state index in [1.54, 1.807) is 0 Å². The standard InChI is InChI=1S/C18H20ClN/c1-12-3-5-14(6-4-12)8-15-9-16-7-13(2)17(19)10-18(16)20-11-15/h3-7,10,15,20H,8-9,11H2,1-2H3. The van der Waals surface area contributed by atoms with Crippen molar-refractivity contribution in [2.45, 2.75) is 26.7 Å².